The Morgan fingerprint density at radius 1 is 1.23 bits per heavy atom. The number of non-ortho nitro benzene ring substituents is 1. The molecule has 2 N–H and O–H groups in total. The van der Waals surface area contributed by atoms with Crippen LogP contribution >= 0.6 is 15.9 Å². The first-order valence-corrected chi connectivity index (χ1v) is 7.96. The lowest BCUT2D eigenvalue weighted by molar-refractivity contribution is -0.384. The van der Waals surface area contributed by atoms with Crippen LogP contribution in [0.3, 0.4) is 0 Å². The number of nitrogens with zero attached hydrogens (tertiary/aromatic N) is 2. The molecule has 2 aromatic rings. The lowest BCUT2D eigenvalue weighted by Crippen LogP contribution is -2.15. The molecule has 0 unspecified atom stereocenters. The Labute approximate surface area is 133 Å². The van der Waals surface area contributed by atoms with Gasteiger partial charge in [0.2, 0.25) is 9.84 Å². The Morgan fingerprint density at radius 2 is 1.82 bits per heavy atom. The minimum atomic E-state index is -3.99. The number of sulfone groups is 1. The molecule has 0 aliphatic heterocycles. The molecule has 1 aromatic heterocycles. The number of rotatable bonds is 4. The van der Waals surface area contributed by atoms with Crippen molar-refractivity contribution in [2.75, 3.05) is 0 Å². The number of carbonyl (C=O) groups excluding carboxylic acids is 1. The highest BCUT2D eigenvalue weighted by atomic mass is 79.9. The number of aromatic nitrogens is 1. The van der Waals surface area contributed by atoms with E-state index in [0.29, 0.717) is 0 Å². The summed E-state index contributed by atoms with van der Waals surface area (Å²) < 4.78 is 25.0. The molecular formula is C12H8BrN3O5S. The van der Waals surface area contributed by atoms with Gasteiger partial charge in [0, 0.05) is 18.3 Å². The summed E-state index contributed by atoms with van der Waals surface area (Å²) in [6, 6.07) is 5.59. The van der Waals surface area contributed by atoms with Gasteiger partial charge in [0.25, 0.3) is 11.6 Å². The van der Waals surface area contributed by atoms with E-state index in [0.717, 1.165) is 30.5 Å². The first-order chi connectivity index (χ1) is 10.2. The smallest absolute Gasteiger partial charge is 0.269 e. The van der Waals surface area contributed by atoms with Gasteiger partial charge in [0.15, 0.2) is 0 Å². The fourth-order valence-corrected chi connectivity index (χ4v) is 4.07. The van der Waals surface area contributed by atoms with Crippen LogP contribution < -0.4 is 5.73 Å². The summed E-state index contributed by atoms with van der Waals surface area (Å²) in [5, 5.41) is 10.6. The van der Waals surface area contributed by atoms with Crippen LogP contribution in [0.5, 0.6) is 0 Å². The minimum Gasteiger partial charge on any atom is -0.364 e. The van der Waals surface area contributed by atoms with Crippen molar-refractivity contribution in [3.8, 4) is 0 Å². The maximum Gasteiger partial charge on any atom is 0.269 e. The van der Waals surface area contributed by atoms with E-state index in [1.54, 1.807) is 0 Å². The van der Waals surface area contributed by atoms with E-state index >= 15 is 0 Å². The second kappa shape index (κ2) is 5.81. The summed E-state index contributed by atoms with van der Waals surface area (Å²) in [6.45, 7) is 0. The van der Waals surface area contributed by atoms with E-state index in [2.05, 4.69) is 20.9 Å². The van der Waals surface area contributed by atoms with Gasteiger partial charge in [-0.15, -0.1) is 0 Å². The van der Waals surface area contributed by atoms with Gasteiger partial charge in [-0.1, -0.05) is 0 Å². The molecule has 0 bridgehead atoms. The standard InChI is InChI=1S/C12H8BrN3O5S/c13-10-9(5-6-15-11(10)12(14)17)22(20,21)8-3-1-7(2-4-8)16(18)19/h1-6H,(H2,14,17). The van der Waals surface area contributed by atoms with Gasteiger partial charge in [-0.05, 0) is 34.1 Å². The highest BCUT2D eigenvalue weighted by Gasteiger charge is 2.24. The zero-order valence-electron chi connectivity index (χ0n) is 10.8. The van der Waals surface area contributed by atoms with Crippen molar-refractivity contribution in [3.63, 3.8) is 0 Å². The molecule has 0 aliphatic carbocycles. The molecule has 0 radical (unpaired) electrons. The molecular weight excluding hydrogens is 378 g/mol. The molecule has 1 heterocycles. The van der Waals surface area contributed by atoms with E-state index < -0.39 is 20.7 Å². The molecule has 114 valence electrons. The monoisotopic (exact) mass is 385 g/mol. The third-order valence-corrected chi connectivity index (χ3v) is 5.61. The molecule has 1 amide bonds. The number of primary amides is 1. The molecule has 1 aromatic carbocycles. The van der Waals surface area contributed by atoms with Gasteiger partial charge >= 0.3 is 0 Å². The van der Waals surface area contributed by atoms with Gasteiger partial charge in [-0.3, -0.25) is 14.9 Å². The van der Waals surface area contributed by atoms with Crippen molar-refractivity contribution in [2.45, 2.75) is 9.79 Å². The van der Waals surface area contributed by atoms with Crippen molar-refractivity contribution in [1.82, 2.24) is 4.98 Å². The lowest BCUT2D eigenvalue weighted by Gasteiger charge is -2.08. The second-order valence-electron chi connectivity index (χ2n) is 4.09. The number of halogens is 1. The number of hydrogen-bond acceptors (Lipinski definition) is 6. The number of carbonyl (C=O) groups is 1. The molecule has 2 rings (SSSR count). The highest BCUT2D eigenvalue weighted by molar-refractivity contribution is 9.10. The summed E-state index contributed by atoms with van der Waals surface area (Å²) in [5.74, 6) is -0.882. The van der Waals surface area contributed by atoms with E-state index in [4.69, 9.17) is 5.73 Å². The highest BCUT2D eigenvalue weighted by Crippen LogP contribution is 2.30. The van der Waals surface area contributed by atoms with Crippen LogP contribution in [0.4, 0.5) is 5.69 Å². The maximum absolute atomic E-state index is 12.5. The fourth-order valence-electron chi connectivity index (χ4n) is 1.68. The molecule has 0 spiro atoms. The van der Waals surface area contributed by atoms with Gasteiger partial charge in [0.1, 0.15) is 5.69 Å². The zero-order valence-corrected chi connectivity index (χ0v) is 13.2. The Morgan fingerprint density at radius 3 is 2.32 bits per heavy atom. The third kappa shape index (κ3) is 2.83. The molecule has 0 saturated heterocycles. The Hall–Kier alpha value is -2.33. The minimum absolute atomic E-state index is 0.0548. The van der Waals surface area contributed by atoms with Crippen LogP contribution in [0.1, 0.15) is 10.5 Å². The normalized spacial score (nSPS) is 11.1. The number of nitro benzene ring substituents is 1. The quantitative estimate of drug-likeness (QED) is 0.628. The van der Waals surface area contributed by atoms with Crippen molar-refractivity contribution in [2.24, 2.45) is 5.73 Å². The van der Waals surface area contributed by atoms with Crippen LogP contribution in [0.15, 0.2) is 50.8 Å². The first kappa shape index (κ1) is 16.0. The average Bonchev–Trinajstić information content (AvgIpc) is 2.47. The molecule has 8 nitrogen and oxygen atoms in total. The van der Waals surface area contributed by atoms with Gasteiger partial charge in [-0.2, -0.15) is 0 Å². The van der Waals surface area contributed by atoms with E-state index in [9.17, 15) is 23.3 Å². The molecule has 0 fully saturated rings. The van der Waals surface area contributed by atoms with E-state index in [-0.39, 0.29) is 25.6 Å². The number of amides is 1. The maximum atomic E-state index is 12.5. The van der Waals surface area contributed by atoms with E-state index in [1.807, 2.05) is 0 Å². The summed E-state index contributed by atoms with van der Waals surface area (Å²) in [5.41, 5.74) is 4.67. The number of hydrogen-bond donors (Lipinski definition) is 1. The Balaban J connectivity index is 2.58. The first-order valence-electron chi connectivity index (χ1n) is 5.69. The Kier molecular flexibility index (Phi) is 4.24. The number of nitrogens with two attached hydrogens (primary N) is 1. The average molecular weight is 386 g/mol. The SMILES string of the molecule is NC(=O)c1nccc(S(=O)(=O)c2ccc([N+](=O)[O-])cc2)c1Br. The van der Waals surface area contributed by atoms with Crippen molar-refractivity contribution < 1.29 is 18.1 Å². The largest absolute Gasteiger partial charge is 0.364 e. The summed E-state index contributed by atoms with van der Waals surface area (Å²) in [4.78, 5) is 24.5. The third-order valence-electron chi connectivity index (χ3n) is 2.73. The van der Waals surface area contributed by atoms with Gasteiger partial charge in [0.05, 0.1) is 19.2 Å². The predicted octanol–water partition coefficient (Wildman–Crippen LogP) is 1.68. The summed E-state index contributed by atoms with van der Waals surface area (Å²) in [7, 11) is -3.99. The zero-order chi connectivity index (χ0) is 16.5. The molecule has 10 heteroatoms. The number of nitro groups is 1. The molecule has 0 atom stereocenters. The van der Waals surface area contributed by atoms with Crippen LogP contribution in [-0.4, -0.2) is 24.2 Å². The lowest BCUT2D eigenvalue weighted by atomic mass is 10.3. The second-order valence-corrected chi connectivity index (χ2v) is 6.80. The molecule has 0 aliphatic rings. The van der Waals surface area contributed by atoms with Crippen molar-refractivity contribution in [1.29, 1.82) is 0 Å². The molecule has 0 saturated carbocycles. The van der Waals surface area contributed by atoms with Crippen LogP contribution in [0.25, 0.3) is 0 Å². The van der Waals surface area contributed by atoms with Gasteiger partial charge in [-0.25, -0.2) is 13.4 Å². The van der Waals surface area contributed by atoms with Crippen molar-refractivity contribution >= 4 is 37.4 Å². The fraction of sp³-hybridized carbons (Fsp3) is 0. The van der Waals surface area contributed by atoms with Crippen LogP contribution in [0, 0.1) is 10.1 Å². The number of benzene rings is 1. The van der Waals surface area contributed by atoms with Crippen LogP contribution in [0.2, 0.25) is 0 Å². The Bertz CT molecular complexity index is 865. The van der Waals surface area contributed by atoms with E-state index in [1.165, 1.54) is 6.07 Å². The topological polar surface area (TPSA) is 133 Å². The van der Waals surface area contributed by atoms with Crippen LogP contribution in [-0.2, 0) is 9.84 Å². The van der Waals surface area contributed by atoms with Crippen molar-refractivity contribution in [3.05, 3.63) is 56.8 Å². The summed E-state index contributed by atoms with van der Waals surface area (Å²) >= 11 is 3.00. The predicted molar refractivity (Wildman–Crippen MR) is 79.0 cm³/mol. The van der Waals surface area contributed by atoms with Gasteiger partial charge < -0.3 is 5.73 Å². The molecule has 22 heavy (non-hydrogen) atoms. The summed E-state index contributed by atoms with van der Waals surface area (Å²) in [6.07, 6.45) is 1.14. The number of pyridine rings is 1.